The van der Waals surface area contributed by atoms with Gasteiger partial charge in [-0.2, -0.15) is 0 Å². The highest BCUT2D eigenvalue weighted by Crippen LogP contribution is 2.13. The van der Waals surface area contributed by atoms with Crippen LogP contribution in [0.15, 0.2) is 42.5 Å². The van der Waals surface area contributed by atoms with Crippen LogP contribution >= 0.6 is 0 Å². The van der Waals surface area contributed by atoms with Crippen LogP contribution in [0.1, 0.15) is 34.2 Å². The van der Waals surface area contributed by atoms with E-state index in [4.69, 9.17) is 5.73 Å². The summed E-state index contributed by atoms with van der Waals surface area (Å²) >= 11 is 0. The summed E-state index contributed by atoms with van der Waals surface area (Å²) in [4.78, 5) is 0. The first kappa shape index (κ1) is 14.8. The predicted octanol–water partition coefficient (Wildman–Crippen LogP) is 4.11. The highest BCUT2D eigenvalue weighted by atomic mass is 14.6. The van der Waals surface area contributed by atoms with Crippen molar-refractivity contribution in [2.45, 2.75) is 46.1 Å². The van der Waals surface area contributed by atoms with Gasteiger partial charge in [0.05, 0.1) is 0 Å². The molecule has 106 valence electrons. The maximum Gasteiger partial charge on any atom is 0.00824 e. The minimum absolute atomic E-state index is 0.234. The van der Waals surface area contributed by atoms with Gasteiger partial charge < -0.3 is 5.73 Å². The van der Waals surface area contributed by atoms with Crippen LogP contribution in [0.4, 0.5) is 0 Å². The summed E-state index contributed by atoms with van der Waals surface area (Å²) in [6, 6.07) is 15.6. The molecule has 1 unspecified atom stereocenters. The van der Waals surface area contributed by atoms with Crippen LogP contribution in [-0.4, -0.2) is 6.04 Å². The van der Waals surface area contributed by atoms with Gasteiger partial charge in [-0.15, -0.1) is 0 Å². The fourth-order valence-corrected chi connectivity index (χ4v) is 2.56. The van der Waals surface area contributed by atoms with E-state index in [2.05, 4.69) is 63.2 Å². The highest BCUT2D eigenvalue weighted by Gasteiger charge is 2.06. The molecule has 0 aromatic heterocycles. The average Bonchev–Trinajstić information content (AvgIpc) is 2.41. The minimum atomic E-state index is 0.234. The maximum atomic E-state index is 6.28. The van der Waals surface area contributed by atoms with Crippen LogP contribution in [0.5, 0.6) is 0 Å². The van der Waals surface area contributed by atoms with Gasteiger partial charge in [0, 0.05) is 6.04 Å². The van der Waals surface area contributed by atoms with Gasteiger partial charge >= 0.3 is 0 Å². The molecule has 1 atom stereocenters. The summed E-state index contributed by atoms with van der Waals surface area (Å²) in [6.45, 7) is 6.45. The Morgan fingerprint density at radius 1 is 0.900 bits per heavy atom. The Morgan fingerprint density at radius 3 is 2.40 bits per heavy atom. The zero-order chi connectivity index (χ0) is 14.5. The molecule has 0 saturated carbocycles. The lowest BCUT2D eigenvalue weighted by molar-refractivity contribution is 0.610. The molecule has 0 radical (unpaired) electrons. The molecule has 0 aliphatic carbocycles. The molecule has 1 heteroatoms. The van der Waals surface area contributed by atoms with Gasteiger partial charge in [-0.1, -0.05) is 48.0 Å². The number of benzene rings is 2. The standard InChI is InChI=1S/C19H25N/c1-14-5-4-6-17(11-14)9-10-19(20)13-18-8-7-15(2)16(3)12-18/h4-8,11-12,19H,9-10,13,20H2,1-3H3. The fraction of sp³-hybridized carbons (Fsp3) is 0.368. The molecule has 0 bridgehead atoms. The van der Waals surface area contributed by atoms with E-state index >= 15 is 0 Å². The Morgan fingerprint density at radius 2 is 1.70 bits per heavy atom. The van der Waals surface area contributed by atoms with E-state index in [1.165, 1.54) is 27.8 Å². The van der Waals surface area contributed by atoms with Gasteiger partial charge in [0.15, 0.2) is 0 Å². The Hall–Kier alpha value is -1.60. The molecule has 0 saturated heterocycles. The summed E-state index contributed by atoms with van der Waals surface area (Å²) in [7, 11) is 0. The number of aryl methyl sites for hydroxylation is 4. The van der Waals surface area contributed by atoms with E-state index < -0.39 is 0 Å². The van der Waals surface area contributed by atoms with Crippen molar-refractivity contribution in [2.75, 3.05) is 0 Å². The molecule has 0 aliphatic heterocycles. The SMILES string of the molecule is Cc1cccc(CCC(N)Cc2ccc(C)c(C)c2)c1. The summed E-state index contributed by atoms with van der Waals surface area (Å²) in [5.41, 5.74) is 13.0. The van der Waals surface area contributed by atoms with E-state index in [0.717, 1.165) is 19.3 Å². The van der Waals surface area contributed by atoms with E-state index in [-0.39, 0.29) is 6.04 Å². The number of rotatable bonds is 5. The Kier molecular flexibility index (Phi) is 4.97. The molecule has 0 heterocycles. The Balaban J connectivity index is 1.89. The molecule has 0 amide bonds. The van der Waals surface area contributed by atoms with Crippen molar-refractivity contribution in [3.05, 3.63) is 70.3 Å². The summed E-state index contributed by atoms with van der Waals surface area (Å²) in [6.07, 6.45) is 3.07. The number of hydrogen-bond acceptors (Lipinski definition) is 1. The largest absolute Gasteiger partial charge is 0.327 e. The van der Waals surface area contributed by atoms with Gasteiger partial charge in [0.25, 0.3) is 0 Å². The molecule has 2 aromatic carbocycles. The van der Waals surface area contributed by atoms with Gasteiger partial charge in [0.2, 0.25) is 0 Å². The molecule has 1 nitrogen and oxygen atoms in total. The normalized spacial score (nSPS) is 12.4. The molecule has 2 rings (SSSR count). The lowest BCUT2D eigenvalue weighted by Gasteiger charge is -2.13. The third-order valence-electron chi connectivity index (χ3n) is 3.96. The van der Waals surface area contributed by atoms with E-state index in [1.54, 1.807) is 0 Å². The molecule has 0 aliphatic rings. The quantitative estimate of drug-likeness (QED) is 0.866. The molecule has 2 N–H and O–H groups in total. The molecular weight excluding hydrogens is 242 g/mol. The van der Waals surface area contributed by atoms with Crippen molar-refractivity contribution >= 4 is 0 Å². The van der Waals surface area contributed by atoms with Crippen molar-refractivity contribution in [2.24, 2.45) is 5.73 Å². The summed E-state index contributed by atoms with van der Waals surface area (Å²) in [5.74, 6) is 0. The smallest absolute Gasteiger partial charge is 0.00824 e. The minimum Gasteiger partial charge on any atom is -0.327 e. The second-order valence-electron chi connectivity index (χ2n) is 5.91. The van der Waals surface area contributed by atoms with Crippen LogP contribution in [-0.2, 0) is 12.8 Å². The Labute approximate surface area is 122 Å². The first-order valence-corrected chi connectivity index (χ1v) is 7.42. The number of nitrogens with two attached hydrogens (primary N) is 1. The molecule has 20 heavy (non-hydrogen) atoms. The second kappa shape index (κ2) is 6.71. The van der Waals surface area contributed by atoms with Crippen molar-refractivity contribution in [3.63, 3.8) is 0 Å². The van der Waals surface area contributed by atoms with Crippen molar-refractivity contribution in [3.8, 4) is 0 Å². The summed E-state index contributed by atoms with van der Waals surface area (Å²) < 4.78 is 0. The third-order valence-corrected chi connectivity index (χ3v) is 3.96. The van der Waals surface area contributed by atoms with Crippen LogP contribution < -0.4 is 5.73 Å². The molecule has 2 aromatic rings. The van der Waals surface area contributed by atoms with Crippen LogP contribution in [0.3, 0.4) is 0 Å². The first-order chi connectivity index (χ1) is 9.54. The number of hydrogen-bond donors (Lipinski definition) is 1. The predicted molar refractivity (Wildman–Crippen MR) is 87.1 cm³/mol. The lowest BCUT2D eigenvalue weighted by atomic mass is 9.97. The van der Waals surface area contributed by atoms with Crippen LogP contribution in [0.25, 0.3) is 0 Å². The average molecular weight is 267 g/mol. The van der Waals surface area contributed by atoms with Gasteiger partial charge in [0.1, 0.15) is 0 Å². The first-order valence-electron chi connectivity index (χ1n) is 7.42. The van der Waals surface area contributed by atoms with Gasteiger partial charge in [-0.25, -0.2) is 0 Å². The zero-order valence-electron chi connectivity index (χ0n) is 12.8. The monoisotopic (exact) mass is 267 g/mol. The van der Waals surface area contributed by atoms with Gasteiger partial charge in [-0.3, -0.25) is 0 Å². The van der Waals surface area contributed by atoms with Crippen molar-refractivity contribution in [1.82, 2.24) is 0 Å². The second-order valence-corrected chi connectivity index (χ2v) is 5.91. The zero-order valence-corrected chi connectivity index (χ0v) is 12.8. The Bertz CT molecular complexity index is 572. The fourth-order valence-electron chi connectivity index (χ4n) is 2.56. The summed E-state index contributed by atoms with van der Waals surface area (Å²) in [5, 5.41) is 0. The maximum absolute atomic E-state index is 6.28. The molecular formula is C19H25N. The van der Waals surface area contributed by atoms with Crippen molar-refractivity contribution in [1.29, 1.82) is 0 Å². The highest BCUT2D eigenvalue weighted by molar-refractivity contribution is 5.30. The molecule has 0 spiro atoms. The van der Waals surface area contributed by atoms with Gasteiger partial charge in [-0.05, 0) is 62.3 Å². The topological polar surface area (TPSA) is 26.0 Å². The van der Waals surface area contributed by atoms with E-state index in [9.17, 15) is 0 Å². The van der Waals surface area contributed by atoms with Crippen LogP contribution in [0, 0.1) is 20.8 Å². The van der Waals surface area contributed by atoms with E-state index in [0.29, 0.717) is 0 Å². The lowest BCUT2D eigenvalue weighted by Crippen LogP contribution is -2.23. The van der Waals surface area contributed by atoms with Crippen molar-refractivity contribution < 1.29 is 0 Å². The van der Waals surface area contributed by atoms with Crippen LogP contribution in [0.2, 0.25) is 0 Å². The van der Waals surface area contributed by atoms with E-state index in [1.807, 2.05) is 0 Å². The molecule has 0 fully saturated rings. The third kappa shape index (κ3) is 4.21.